The van der Waals surface area contributed by atoms with Crippen molar-refractivity contribution >= 4 is 45.7 Å². The maximum absolute atomic E-state index is 12.7. The highest BCUT2D eigenvalue weighted by atomic mass is 28.5. The lowest BCUT2D eigenvalue weighted by atomic mass is 9.93. The lowest BCUT2D eigenvalue weighted by molar-refractivity contribution is -0.161. The van der Waals surface area contributed by atoms with Crippen molar-refractivity contribution in [3.8, 4) is 0 Å². The van der Waals surface area contributed by atoms with Crippen LogP contribution in [0.15, 0.2) is 0 Å². The van der Waals surface area contributed by atoms with Gasteiger partial charge in [0.25, 0.3) is 0 Å². The van der Waals surface area contributed by atoms with Gasteiger partial charge in [-0.05, 0) is 99.0 Å². The molecule has 2 unspecified atom stereocenters. The summed E-state index contributed by atoms with van der Waals surface area (Å²) < 4.78 is 31.2. The number of rotatable bonds is 15. The highest BCUT2D eigenvalue weighted by Gasteiger charge is 2.49. The van der Waals surface area contributed by atoms with Crippen molar-refractivity contribution in [2.75, 3.05) is 6.61 Å². The van der Waals surface area contributed by atoms with Crippen molar-refractivity contribution < 1.29 is 31.4 Å². The zero-order chi connectivity index (χ0) is 27.9. The van der Waals surface area contributed by atoms with Crippen molar-refractivity contribution in [3.05, 3.63) is 0 Å². The lowest BCUT2D eigenvalue weighted by Crippen LogP contribution is -2.60. The van der Waals surface area contributed by atoms with Crippen molar-refractivity contribution in [3.63, 3.8) is 0 Å². The molecule has 35 heavy (non-hydrogen) atoms. The number of carbonyl (C=O) groups is 2. The summed E-state index contributed by atoms with van der Waals surface area (Å²) in [5.41, 5.74) is -0.543. The van der Waals surface area contributed by atoms with Crippen LogP contribution in [0.1, 0.15) is 53.9 Å². The van der Waals surface area contributed by atoms with Gasteiger partial charge in [-0.1, -0.05) is 13.8 Å². The van der Waals surface area contributed by atoms with Gasteiger partial charge in [-0.25, -0.2) is 0 Å². The quantitative estimate of drug-likeness (QED) is 0.122. The van der Waals surface area contributed by atoms with E-state index < -0.39 is 39.4 Å². The fraction of sp³-hybridized carbons (Fsp3) is 0.917. The average molecular weight is 567 g/mol. The third-order valence-electron chi connectivity index (χ3n) is 4.53. The van der Waals surface area contributed by atoms with Crippen LogP contribution in [0.5, 0.6) is 0 Å². The summed E-state index contributed by atoms with van der Waals surface area (Å²) >= 11 is 0. The molecule has 0 heterocycles. The summed E-state index contributed by atoms with van der Waals surface area (Å²) in [6, 6.07) is 0.628. The van der Waals surface area contributed by atoms with E-state index >= 15 is 0 Å². The van der Waals surface area contributed by atoms with Gasteiger partial charge in [-0.15, -0.1) is 0 Å². The fourth-order valence-electron chi connectivity index (χ4n) is 3.56. The molecule has 0 aromatic heterocycles. The molecule has 0 aliphatic carbocycles. The third kappa shape index (κ3) is 16.9. The summed E-state index contributed by atoms with van der Waals surface area (Å²) in [6.45, 7) is 29.0. The molecule has 0 aliphatic heterocycles. The van der Waals surface area contributed by atoms with E-state index in [0.29, 0.717) is 25.3 Å². The monoisotopic (exact) mass is 566 g/mol. The van der Waals surface area contributed by atoms with E-state index in [1.54, 1.807) is 0 Å². The number of carbonyl (C=O) groups excluding carboxylic acids is 2. The molecule has 0 aliphatic rings. The molecule has 0 fully saturated rings. The first kappa shape index (κ1) is 34.7. The van der Waals surface area contributed by atoms with Crippen LogP contribution >= 0.6 is 0 Å². The molecule has 2 atom stereocenters. The van der Waals surface area contributed by atoms with E-state index in [1.165, 1.54) is 0 Å². The predicted octanol–water partition coefficient (Wildman–Crippen LogP) is 6.81. The van der Waals surface area contributed by atoms with Crippen LogP contribution in [0.2, 0.25) is 65.0 Å². The summed E-state index contributed by atoms with van der Waals surface area (Å²) in [5.74, 6) is -1.25. The van der Waals surface area contributed by atoms with Gasteiger partial charge in [0.05, 0.1) is 18.4 Å². The molecular weight excluding hydrogens is 513 g/mol. The maximum Gasteiger partial charge on any atom is 0.469 e. The van der Waals surface area contributed by atoms with Crippen LogP contribution in [-0.2, 0) is 31.4 Å². The van der Waals surface area contributed by atoms with E-state index in [1.807, 2.05) is 34.6 Å². The molecule has 0 saturated heterocycles. The molecule has 0 amide bonds. The Morgan fingerprint density at radius 3 is 1.54 bits per heavy atom. The van der Waals surface area contributed by atoms with Crippen LogP contribution in [0.3, 0.4) is 0 Å². The third-order valence-corrected chi connectivity index (χ3v) is 16.6. The molecule has 7 nitrogen and oxygen atoms in total. The molecule has 11 heteroatoms. The zero-order valence-electron chi connectivity index (χ0n) is 25.0. The molecule has 0 rings (SSSR count). The van der Waals surface area contributed by atoms with Crippen LogP contribution in [0, 0.1) is 11.8 Å². The second-order valence-corrected chi connectivity index (χ2v) is 30.4. The largest absolute Gasteiger partial charge is 0.469 e. The van der Waals surface area contributed by atoms with Crippen molar-refractivity contribution in [1.29, 1.82) is 0 Å². The van der Waals surface area contributed by atoms with Crippen LogP contribution in [0.25, 0.3) is 0 Å². The fourth-order valence-corrected chi connectivity index (χ4v) is 18.2. The minimum atomic E-state index is -2.94. The van der Waals surface area contributed by atoms with Gasteiger partial charge in [-0.2, -0.15) is 0 Å². The Bertz CT molecular complexity index is 633. The van der Waals surface area contributed by atoms with E-state index in [2.05, 4.69) is 58.9 Å². The van der Waals surface area contributed by atoms with Crippen LogP contribution in [-0.4, -0.2) is 57.9 Å². The predicted molar refractivity (Wildman–Crippen MR) is 153 cm³/mol. The van der Waals surface area contributed by atoms with Gasteiger partial charge in [0.2, 0.25) is 0 Å². The number of hydrogen-bond acceptors (Lipinski definition) is 7. The SMILES string of the molecule is CCC(CC(C)C(=O)OCCC[Si](O[Si](C)(C)C)(O[Si](C)(C)C)O[Si](C)(C)C)C(=O)OC(C)(C)C. The summed E-state index contributed by atoms with van der Waals surface area (Å²) in [4.78, 5) is 25.1. The van der Waals surface area contributed by atoms with Crippen LogP contribution < -0.4 is 0 Å². The molecule has 0 N–H and O–H groups in total. The summed E-state index contributed by atoms with van der Waals surface area (Å²) in [7, 11) is -8.75. The Morgan fingerprint density at radius 2 is 1.20 bits per heavy atom. The van der Waals surface area contributed by atoms with Gasteiger partial charge in [0.1, 0.15) is 5.60 Å². The second-order valence-electron chi connectivity index (χ2n) is 13.4. The van der Waals surface area contributed by atoms with E-state index in [9.17, 15) is 9.59 Å². The topological polar surface area (TPSA) is 80.3 Å². The molecule has 0 aromatic carbocycles. The molecule has 0 spiro atoms. The van der Waals surface area contributed by atoms with Crippen molar-refractivity contribution in [2.24, 2.45) is 11.8 Å². The van der Waals surface area contributed by atoms with Crippen molar-refractivity contribution in [2.45, 2.75) is 124 Å². The lowest BCUT2D eigenvalue weighted by Gasteiger charge is -2.42. The summed E-state index contributed by atoms with van der Waals surface area (Å²) in [6.07, 6.45) is 1.66. The van der Waals surface area contributed by atoms with Crippen molar-refractivity contribution in [1.82, 2.24) is 0 Å². The highest BCUT2D eigenvalue weighted by molar-refractivity contribution is 6.90. The molecule has 0 aromatic rings. The standard InChI is InChI=1S/C24H54O7Si4/c1-15-21(23(26)28-24(3,4)5)19-20(2)22(25)27-17-16-18-35(29-32(6,7)8,30-33(9,10)11)31-34(12,13)14/h20-21H,15-19H2,1-14H3. The highest BCUT2D eigenvalue weighted by Crippen LogP contribution is 2.30. The van der Waals surface area contributed by atoms with Gasteiger partial charge < -0.3 is 21.8 Å². The van der Waals surface area contributed by atoms with Gasteiger partial charge >= 0.3 is 20.7 Å². The molecule has 0 radical (unpaired) electrons. The first-order valence-corrected chi connectivity index (χ1v) is 25.1. The molecule has 0 saturated carbocycles. The van der Waals surface area contributed by atoms with E-state index in [0.717, 1.165) is 0 Å². The minimum Gasteiger partial charge on any atom is -0.465 e. The Labute approximate surface area is 219 Å². The zero-order valence-corrected chi connectivity index (χ0v) is 29.0. The smallest absolute Gasteiger partial charge is 0.465 e. The van der Waals surface area contributed by atoms with Gasteiger partial charge in [-0.3, -0.25) is 9.59 Å². The van der Waals surface area contributed by atoms with E-state index in [-0.39, 0.29) is 30.4 Å². The van der Waals surface area contributed by atoms with Crippen LogP contribution in [0.4, 0.5) is 0 Å². The Balaban J connectivity index is 5.19. The summed E-state index contributed by atoms with van der Waals surface area (Å²) in [5, 5.41) is 0. The number of hydrogen-bond donors (Lipinski definition) is 0. The van der Waals surface area contributed by atoms with E-state index in [4.69, 9.17) is 21.8 Å². The van der Waals surface area contributed by atoms with Gasteiger partial charge in [0.15, 0.2) is 25.0 Å². The Morgan fingerprint density at radius 1 is 0.771 bits per heavy atom. The maximum atomic E-state index is 12.7. The first-order valence-electron chi connectivity index (χ1n) is 13.0. The Kier molecular flexibility index (Phi) is 13.4. The second kappa shape index (κ2) is 13.5. The number of ether oxygens (including phenoxy) is 2. The Hall–Kier alpha value is -0.312. The first-order chi connectivity index (χ1) is 15.5. The molecule has 0 bridgehead atoms. The normalized spacial score (nSPS) is 15.5. The average Bonchev–Trinajstić information content (AvgIpc) is 2.56. The molecule has 208 valence electrons. The minimum absolute atomic E-state index is 0.258. The van der Waals surface area contributed by atoms with Gasteiger partial charge in [0, 0.05) is 6.04 Å². The molecular formula is C24H54O7Si4. The number of esters is 2.